The zero-order valence-electron chi connectivity index (χ0n) is 9.60. The fraction of sp³-hybridized carbons (Fsp3) is 0.333. The monoisotopic (exact) mass is 314 g/mol. The second kappa shape index (κ2) is 5.95. The van der Waals surface area contributed by atoms with Crippen molar-refractivity contribution in [1.29, 1.82) is 0 Å². The SMILES string of the molecule is O=C1C=C(N(CCF)Cc2ccc(Br)nc2)CO1. The van der Waals surface area contributed by atoms with Crippen LogP contribution in [0.15, 0.2) is 34.7 Å². The molecule has 1 aliphatic heterocycles. The minimum Gasteiger partial charge on any atom is -0.456 e. The second-order valence-electron chi connectivity index (χ2n) is 3.84. The van der Waals surface area contributed by atoms with Crippen molar-refractivity contribution >= 4 is 21.9 Å². The average molecular weight is 315 g/mol. The Kier molecular flexibility index (Phi) is 4.30. The lowest BCUT2D eigenvalue weighted by Gasteiger charge is -2.23. The van der Waals surface area contributed by atoms with Crippen LogP contribution in [0.25, 0.3) is 0 Å². The highest BCUT2D eigenvalue weighted by molar-refractivity contribution is 9.10. The summed E-state index contributed by atoms with van der Waals surface area (Å²) < 4.78 is 18.1. The first-order chi connectivity index (χ1) is 8.69. The molecule has 0 saturated carbocycles. The summed E-state index contributed by atoms with van der Waals surface area (Å²) in [5.74, 6) is -0.372. The summed E-state index contributed by atoms with van der Waals surface area (Å²) in [5.41, 5.74) is 1.66. The molecule has 0 saturated heterocycles. The molecule has 0 amide bonds. The van der Waals surface area contributed by atoms with Gasteiger partial charge in [-0.2, -0.15) is 0 Å². The first-order valence-corrected chi connectivity index (χ1v) is 6.27. The van der Waals surface area contributed by atoms with Gasteiger partial charge in [0.15, 0.2) is 0 Å². The smallest absolute Gasteiger partial charge is 0.333 e. The number of carbonyl (C=O) groups excluding carboxylic acids is 1. The zero-order chi connectivity index (χ0) is 13.0. The van der Waals surface area contributed by atoms with Crippen molar-refractivity contribution in [3.05, 3.63) is 40.3 Å². The molecule has 0 fully saturated rings. The molecule has 1 aliphatic rings. The minimum absolute atomic E-state index is 0.211. The largest absolute Gasteiger partial charge is 0.456 e. The molecule has 0 spiro atoms. The fourth-order valence-electron chi connectivity index (χ4n) is 1.69. The molecule has 0 radical (unpaired) electrons. The van der Waals surface area contributed by atoms with Crippen molar-refractivity contribution in [2.75, 3.05) is 19.8 Å². The molecule has 0 atom stereocenters. The molecule has 96 valence electrons. The fourth-order valence-corrected chi connectivity index (χ4v) is 1.93. The van der Waals surface area contributed by atoms with Crippen molar-refractivity contribution in [1.82, 2.24) is 9.88 Å². The molecule has 1 aromatic heterocycles. The summed E-state index contributed by atoms with van der Waals surface area (Å²) in [5, 5.41) is 0. The van der Waals surface area contributed by atoms with Gasteiger partial charge in [-0.3, -0.25) is 0 Å². The van der Waals surface area contributed by atoms with E-state index in [1.165, 1.54) is 6.08 Å². The Balaban J connectivity index is 2.08. The third-order valence-electron chi connectivity index (χ3n) is 2.57. The van der Waals surface area contributed by atoms with Crippen molar-refractivity contribution in [2.24, 2.45) is 0 Å². The maximum Gasteiger partial charge on any atom is 0.333 e. The number of hydrogen-bond donors (Lipinski definition) is 0. The Morgan fingerprint density at radius 1 is 1.50 bits per heavy atom. The van der Waals surface area contributed by atoms with Gasteiger partial charge in [0.05, 0.1) is 5.70 Å². The number of halogens is 2. The van der Waals surface area contributed by atoms with Crippen LogP contribution in [0.4, 0.5) is 4.39 Å². The number of alkyl halides is 1. The van der Waals surface area contributed by atoms with E-state index in [0.29, 0.717) is 12.2 Å². The number of ether oxygens (including phenoxy) is 1. The van der Waals surface area contributed by atoms with Gasteiger partial charge in [-0.15, -0.1) is 0 Å². The Morgan fingerprint density at radius 2 is 2.33 bits per heavy atom. The highest BCUT2D eigenvalue weighted by Crippen LogP contribution is 2.16. The molecule has 2 heterocycles. The first-order valence-electron chi connectivity index (χ1n) is 5.47. The molecule has 18 heavy (non-hydrogen) atoms. The normalized spacial score (nSPS) is 14.3. The van der Waals surface area contributed by atoms with E-state index < -0.39 is 6.67 Å². The van der Waals surface area contributed by atoms with Crippen molar-refractivity contribution in [3.8, 4) is 0 Å². The molecule has 1 aromatic rings. The quantitative estimate of drug-likeness (QED) is 0.616. The van der Waals surface area contributed by atoms with Crippen LogP contribution in [0.5, 0.6) is 0 Å². The molecular formula is C12H12BrFN2O2. The van der Waals surface area contributed by atoms with E-state index >= 15 is 0 Å². The first kappa shape index (κ1) is 13.0. The highest BCUT2D eigenvalue weighted by atomic mass is 79.9. The number of esters is 1. The van der Waals surface area contributed by atoms with E-state index in [2.05, 4.69) is 20.9 Å². The molecule has 2 rings (SSSR count). The molecule has 6 heteroatoms. The summed E-state index contributed by atoms with van der Waals surface area (Å²) in [6.07, 6.45) is 3.12. The van der Waals surface area contributed by atoms with Crippen LogP contribution in [0.3, 0.4) is 0 Å². The minimum atomic E-state index is -0.477. The number of cyclic esters (lactones) is 1. The number of nitrogens with zero attached hydrogens (tertiary/aromatic N) is 2. The molecule has 0 aliphatic carbocycles. The number of carbonyl (C=O) groups is 1. The van der Waals surface area contributed by atoms with Gasteiger partial charge in [0.2, 0.25) is 0 Å². The predicted octanol–water partition coefficient (Wildman–Crippen LogP) is 2.06. The van der Waals surface area contributed by atoms with Crippen LogP contribution in [0.1, 0.15) is 5.56 Å². The van der Waals surface area contributed by atoms with Gasteiger partial charge in [-0.25, -0.2) is 14.2 Å². The number of hydrogen-bond acceptors (Lipinski definition) is 4. The number of rotatable bonds is 5. The summed E-state index contributed by atoms with van der Waals surface area (Å²) >= 11 is 3.26. The lowest BCUT2D eigenvalue weighted by atomic mass is 10.2. The van der Waals surface area contributed by atoms with Crippen LogP contribution in [0, 0.1) is 0 Å². The second-order valence-corrected chi connectivity index (χ2v) is 4.66. The van der Waals surface area contributed by atoms with E-state index in [4.69, 9.17) is 4.74 Å². The van der Waals surface area contributed by atoms with Gasteiger partial charge in [0.25, 0.3) is 0 Å². The van der Waals surface area contributed by atoms with Gasteiger partial charge < -0.3 is 9.64 Å². The molecule has 0 bridgehead atoms. The van der Waals surface area contributed by atoms with Gasteiger partial charge in [0.1, 0.15) is 17.9 Å². The molecule has 4 nitrogen and oxygen atoms in total. The van der Waals surface area contributed by atoms with Gasteiger partial charge in [-0.1, -0.05) is 6.07 Å². The van der Waals surface area contributed by atoms with Crippen LogP contribution in [-0.2, 0) is 16.1 Å². The van der Waals surface area contributed by atoms with Crippen molar-refractivity contribution in [2.45, 2.75) is 6.54 Å². The van der Waals surface area contributed by atoms with E-state index in [1.807, 2.05) is 12.1 Å². The molecular weight excluding hydrogens is 303 g/mol. The number of pyridine rings is 1. The summed E-state index contributed by atoms with van der Waals surface area (Å²) in [4.78, 5) is 16.9. The van der Waals surface area contributed by atoms with E-state index in [-0.39, 0.29) is 19.1 Å². The van der Waals surface area contributed by atoms with Crippen LogP contribution >= 0.6 is 15.9 Å². The molecule has 0 N–H and O–H groups in total. The average Bonchev–Trinajstić information content (AvgIpc) is 2.78. The number of aromatic nitrogens is 1. The van der Waals surface area contributed by atoms with E-state index in [0.717, 1.165) is 10.2 Å². The van der Waals surface area contributed by atoms with Gasteiger partial charge >= 0.3 is 5.97 Å². The Morgan fingerprint density at radius 3 is 2.89 bits per heavy atom. The third-order valence-corrected chi connectivity index (χ3v) is 3.04. The maximum atomic E-state index is 12.5. The van der Waals surface area contributed by atoms with Crippen LogP contribution < -0.4 is 0 Å². The zero-order valence-corrected chi connectivity index (χ0v) is 11.2. The highest BCUT2D eigenvalue weighted by Gasteiger charge is 2.19. The summed E-state index contributed by atoms with van der Waals surface area (Å²) in [6.45, 7) is 0.476. The molecule has 0 aromatic carbocycles. The third kappa shape index (κ3) is 3.29. The Hall–Kier alpha value is -1.43. The van der Waals surface area contributed by atoms with Crippen molar-refractivity contribution < 1.29 is 13.9 Å². The standard InChI is InChI=1S/C12H12BrFN2O2/c13-11-2-1-9(6-15-11)7-16(4-3-14)10-5-12(17)18-8-10/h1-2,5-6H,3-4,7-8H2. The van der Waals surface area contributed by atoms with Crippen LogP contribution in [0.2, 0.25) is 0 Å². The lowest BCUT2D eigenvalue weighted by Crippen LogP contribution is -2.25. The Labute approximate surface area is 113 Å². The maximum absolute atomic E-state index is 12.5. The lowest BCUT2D eigenvalue weighted by molar-refractivity contribution is -0.135. The predicted molar refractivity (Wildman–Crippen MR) is 67.4 cm³/mol. The molecule has 0 unspecified atom stereocenters. The van der Waals surface area contributed by atoms with E-state index in [9.17, 15) is 9.18 Å². The van der Waals surface area contributed by atoms with Gasteiger partial charge in [-0.05, 0) is 27.6 Å². The van der Waals surface area contributed by atoms with Gasteiger partial charge in [0, 0.05) is 25.4 Å². The van der Waals surface area contributed by atoms with E-state index in [1.54, 1.807) is 11.1 Å². The van der Waals surface area contributed by atoms with Crippen LogP contribution in [-0.4, -0.2) is 35.7 Å². The summed E-state index contributed by atoms with van der Waals surface area (Å²) in [7, 11) is 0. The topological polar surface area (TPSA) is 42.4 Å². The summed E-state index contributed by atoms with van der Waals surface area (Å²) in [6, 6.07) is 3.73. The van der Waals surface area contributed by atoms with Crippen molar-refractivity contribution in [3.63, 3.8) is 0 Å². The Bertz CT molecular complexity index is 462.